The Kier molecular flexibility index (Phi) is 4.89. The van der Waals surface area contributed by atoms with E-state index in [1.165, 1.54) is 0 Å². The van der Waals surface area contributed by atoms with E-state index in [9.17, 15) is 0 Å². The number of rotatable bonds is 2. The Morgan fingerprint density at radius 1 is 0.882 bits per heavy atom. The lowest BCUT2D eigenvalue weighted by molar-refractivity contribution is 1.05. The zero-order valence-corrected chi connectivity index (χ0v) is 10.8. The summed E-state index contributed by atoms with van der Waals surface area (Å²) < 4.78 is 0. The third-order valence-electron chi connectivity index (χ3n) is 1.70. The van der Waals surface area contributed by atoms with Crippen LogP contribution in [0.2, 0.25) is 15.6 Å². The van der Waals surface area contributed by atoms with Gasteiger partial charge in [0.1, 0.15) is 0 Å². The second-order valence-electron chi connectivity index (χ2n) is 2.80. The largest absolute Gasteiger partial charge is 0.344 e. The van der Waals surface area contributed by atoms with Crippen LogP contribution < -0.4 is 11.5 Å². The van der Waals surface area contributed by atoms with Gasteiger partial charge in [-0.3, -0.25) is 0 Å². The lowest BCUT2D eigenvalue weighted by atomic mass is 10.3. The van der Waals surface area contributed by atoms with Gasteiger partial charge in [0.25, 0.3) is 0 Å². The highest BCUT2D eigenvalue weighted by Crippen LogP contribution is 2.23. The van der Waals surface area contributed by atoms with Crippen LogP contribution in [-0.4, -0.2) is 15.0 Å². The van der Waals surface area contributed by atoms with Gasteiger partial charge in [-0.25, -0.2) is 0 Å². The van der Waals surface area contributed by atoms with Crippen LogP contribution in [0, 0.1) is 0 Å². The second kappa shape index (κ2) is 5.97. The number of anilines is 2. The van der Waals surface area contributed by atoms with Crippen LogP contribution in [0.5, 0.6) is 0 Å². The van der Waals surface area contributed by atoms with Gasteiger partial charge in [-0.2, -0.15) is 15.0 Å². The number of benzene rings is 1. The van der Waals surface area contributed by atoms with Gasteiger partial charge in [-0.05, 0) is 35.3 Å². The van der Waals surface area contributed by atoms with Crippen molar-refractivity contribution in [3.63, 3.8) is 0 Å². The number of nitrogens with zero attached hydrogens (tertiary/aromatic N) is 3. The van der Waals surface area contributed by atoms with Crippen LogP contribution in [0.15, 0.2) is 24.3 Å². The van der Waals surface area contributed by atoms with E-state index in [0.717, 1.165) is 0 Å². The Labute approximate surface area is 113 Å². The maximum atomic E-state index is 5.95. The molecule has 1 heterocycles. The van der Waals surface area contributed by atoms with Gasteiger partial charge in [-0.1, -0.05) is 23.7 Å². The summed E-state index contributed by atoms with van der Waals surface area (Å²) in [6.07, 6.45) is 0. The van der Waals surface area contributed by atoms with Gasteiger partial charge in [0.15, 0.2) is 0 Å². The van der Waals surface area contributed by atoms with Crippen LogP contribution in [0.25, 0.3) is 0 Å². The Bertz CT molecular complexity index is 499. The molecule has 2 rings (SSSR count). The molecule has 0 spiro atoms. The minimum Gasteiger partial charge on any atom is -0.344 e. The van der Waals surface area contributed by atoms with Crippen molar-refractivity contribution in [1.82, 2.24) is 21.1 Å². The van der Waals surface area contributed by atoms with E-state index in [0.29, 0.717) is 10.7 Å². The number of aromatic nitrogens is 3. The average molecular weight is 293 g/mol. The predicted octanol–water partition coefficient (Wildman–Crippen LogP) is 3.74. The molecule has 8 heteroatoms. The molecule has 0 unspecified atom stereocenters. The zero-order valence-electron chi connectivity index (χ0n) is 8.49. The fourth-order valence-electron chi connectivity index (χ4n) is 1.06. The van der Waals surface area contributed by atoms with Crippen molar-refractivity contribution in [2.45, 2.75) is 0 Å². The lowest BCUT2D eigenvalue weighted by Crippen LogP contribution is -1.99. The first-order chi connectivity index (χ1) is 7.65. The van der Waals surface area contributed by atoms with Crippen molar-refractivity contribution in [3.05, 3.63) is 39.9 Å². The van der Waals surface area contributed by atoms with Crippen LogP contribution >= 0.6 is 34.8 Å². The van der Waals surface area contributed by atoms with E-state index in [1.54, 1.807) is 12.1 Å². The number of nitrogens with one attached hydrogen (secondary N) is 1. The molecule has 5 nitrogen and oxygen atoms in total. The van der Waals surface area contributed by atoms with E-state index >= 15 is 0 Å². The third kappa shape index (κ3) is 3.67. The van der Waals surface area contributed by atoms with E-state index in [1.807, 2.05) is 12.1 Å². The summed E-state index contributed by atoms with van der Waals surface area (Å²) in [6.45, 7) is 0. The molecule has 0 radical (unpaired) electrons. The zero-order chi connectivity index (χ0) is 11.5. The van der Waals surface area contributed by atoms with E-state index in [-0.39, 0.29) is 22.7 Å². The molecule has 0 atom stereocenters. The van der Waals surface area contributed by atoms with E-state index in [2.05, 4.69) is 20.3 Å². The van der Waals surface area contributed by atoms with E-state index < -0.39 is 0 Å². The first-order valence-corrected chi connectivity index (χ1v) is 5.37. The molecular weight excluding hydrogens is 284 g/mol. The van der Waals surface area contributed by atoms with Crippen molar-refractivity contribution < 1.29 is 0 Å². The Morgan fingerprint density at radius 3 is 2.06 bits per heavy atom. The molecule has 0 bridgehead atoms. The Hall–Kier alpha value is -1.14. The Balaban J connectivity index is 0.00000144. The standard InChI is InChI=1S/C9H5Cl3N4.H3N/c10-5-3-1-2-4-6(5)13-9-15-7(11)14-8(12)16-9;/h1-4H,(H,13,14,15,16);1H3. The summed E-state index contributed by atoms with van der Waals surface area (Å²) in [5.74, 6) is 0.248. The summed E-state index contributed by atoms with van der Waals surface area (Å²) in [7, 11) is 0. The van der Waals surface area contributed by atoms with Crippen molar-refractivity contribution in [2.75, 3.05) is 5.32 Å². The molecule has 17 heavy (non-hydrogen) atoms. The predicted molar refractivity (Wildman–Crippen MR) is 69.6 cm³/mol. The molecule has 0 aliphatic heterocycles. The van der Waals surface area contributed by atoms with Crippen molar-refractivity contribution >= 4 is 46.4 Å². The minimum absolute atomic E-state index is 0. The topological polar surface area (TPSA) is 85.7 Å². The molecule has 0 saturated carbocycles. The fourth-order valence-corrected chi connectivity index (χ4v) is 1.61. The summed E-state index contributed by atoms with van der Waals surface area (Å²) in [4.78, 5) is 11.4. The second-order valence-corrected chi connectivity index (χ2v) is 3.89. The van der Waals surface area contributed by atoms with Gasteiger partial charge in [0, 0.05) is 0 Å². The van der Waals surface area contributed by atoms with E-state index in [4.69, 9.17) is 34.8 Å². The quantitative estimate of drug-likeness (QED) is 0.880. The van der Waals surface area contributed by atoms with Crippen LogP contribution in [0.3, 0.4) is 0 Å². The van der Waals surface area contributed by atoms with Crippen LogP contribution in [-0.2, 0) is 0 Å². The number of hydrogen-bond acceptors (Lipinski definition) is 5. The number of halogens is 3. The summed E-state index contributed by atoms with van der Waals surface area (Å²) in [5, 5.41) is 3.49. The first kappa shape index (κ1) is 13.9. The van der Waals surface area contributed by atoms with Crippen molar-refractivity contribution in [2.24, 2.45) is 0 Å². The highest BCUT2D eigenvalue weighted by atomic mass is 35.5. The first-order valence-electron chi connectivity index (χ1n) is 4.24. The summed E-state index contributed by atoms with van der Waals surface area (Å²) >= 11 is 17.2. The molecule has 0 aliphatic rings. The monoisotopic (exact) mass is 291 g/mol. The van der Waals surface area contributed by atoms with Gasteiger partial charge in [0.05, 0.1) is 10.7 Å². The van der Waals surface area contributed by atoms with Crippen LogP contribution in [0.1, 0.15) is 0 Å². The molecule has 90 valence electrons. The highest BCUT2D eigenvalue weighted by molar-refractivity contribution is 6.33. The van der Waals surface area contributed by atoms with Crippen molar-refractivity contribution in [3.8, 4) is 0 Å². The molecular formula is C9H8Cl3N5. The molecule has 0 amide bonds. The number of para-hydroxylation sites is 1. The third-order valence-corrected chi connectivity index (χ3v) is 2.37. The van der Waals surface area contributed by atoms with Crippen LogP contribution in [0.4, 0.5) is 11.6 Å². The van der Waals surface area contributed by atoms with Gasteiger partial charge >= 0.3 is 0 Å². The summed E-state index contributed by atoms with van der Waals surface area (Å²) in [5.41, 5.74) is 0.669. The average Bonchev–Trinajstić information content (AvgIpc) is 2.20. The number of hydrogen-bond donors (Lipinski definition) is 2. The maximum Gasteiger partial charge on any atom is 0.232 e. The van der Waals surface area contributed by atoms with Gasteiger partial charge in [-0.15, -0.1) is 0 Å². The maximum absolute atomic E-state index is 5.95. The molecule has 1 aromatic heterocycles. The lowest BCUT2D eigenvalue weighted by Gasteiger charge is -2.06. The summed E-state index contributed by atoms with van der Waals surface area (Å²) in [6, 6.07) is 7.18. The smallest absolute Gasteiger partial charge is 0.232 e. The fraction of sp³-hybridized carbons (Fsp3) is 0. The minimum atomic E-state index is 0. The van der Waals surface area contributed by atoms with Gasteiger partial charge in [0.2, 0.25) is 16.5 Å². The molecule has 4 N–H and O–H groups in total. The normalized spacial score (nSPS) is 9.59. The molecule has 0 fully saturated rings. The molecule has 0 saturated heterocycles. The van der Waals surface area contributed by atoms with Crippen molar-refractivity contribution in [1.29, 1.82) is 0 Å². The molecule has 1 aromatic carbocycles. The SMILES string of the molecule is Clc1nc(Cl)nc(Nc2ccccc2Cl)n1.N. The Morgan fingerprint density at radius 2 is 1.47 bits per heavy atom. The van der Waals surface area contributed by atoms with Gasteiger partial charge < -0.3 is 11.5 Å². The molecule has 2 aromatic rings. The highest BCUT2D eigenvalue weighted by Gasteiger charge is 2.05. The molecule has 0 aliphatic carbocycles.